The van der Waals surface area contributed by atoms with E-state index in [4.69, 9.17) is 14.2 Å². The van der Waals surface area contributed by atoms with Gasteiger partial charge in [0.1, 0.15) is 13.2 Å². The molecule has 0 saturated carbocycles. The maximum absolute atomic E-state index is 12.8. The first-order valence-corrected chi connectivity index (χ1v) is 27.3. The molecule has 0 aromatic carbocycles. The van der Waals surface area contributed by atoms with Crippen LogP contribution in [0.3, 0.4) is 0 Å². The number of hydrogen-bond acceptors (Lipinski definition) is 6. The lowest BCUT2D eigenvalue weighted by atomic mass is 10.0. The molecule has 1 atom stereocenters. The molecule has 0 spiro atoms. The van der Waals surface area contributed by atoms with Crippen molar-refractivity contribution in [2.75, 3.05) is 13.2 Å². The Hall–Kier alpha value is -3.67. The van der Waals surface area contributed by atoms with Crippen LogP contribution in [0.4, 0.5) is 0 Å². The van der Waals surface area contributed by atoms with Crippen LogP contribution in [0.1, 0.15) is 245 Å². The van der Waals surface area contributed by atoms with Gasteiger partial charge in [-0.2, -0.15) is 0 Å². The van der Waals surface area contributed by atoms with Crippen molar-refractivity contribution in [2.24, 2.45) is 0 Å². The van der Waals surface area contributed by atoms with E-state index in [1.54, 1.807) is 0 Å². The number of carbonyl (C=O) groups excluding carboxylic acids is 3. The van der Waals surface area contributed by atoms with Gasteiger partial charge in [-0.05, 0) is 83.5 Å². The normalized spacial score (nSPS) is 12.8. The highest BCUT2D eigenvalue weighted by Gasteiger charge is 2.19. The van der Waals surface area contributed by atoms with E-state index in [0.717, 1.165) is 89.9 Å². The van der Waals surface area contributed by atoms with Crippen LogP contribution in [-0.4, -0.2) is 37.2 Å². The van der Waals surface area contributed by atoms with E-state index < -0.39 is 6.10 Å². The highest BCUT2D eigenvalue weighted by Crippen LogP contribution is 2.14. The molecule has 6 nitrogen and oxygen atoms in total. The zero-order valence-corrected chi connectivity index (χ0v) is 42.9. The summed E-state index contributed by atoms with van der Waals surface area (Å²) in [5.41, 5.74) is 0. The molecule has 0 radical (unpaired) electrons. The van der Waals surface area contributed by atoms with E-state index in [9.17, 15) is 14.4 Å². The second-order valence-electron chi connectivity index (χ2n) is 17.9. The third kappa shape index (κ3) is 51.3. The summed E-state index contributed by atoms with van der Waals surface area (Å²) in [5, 5.41) is 0. The average Bonchev–Trinajstić information content (AvgIpc) is 3.31. The van der Waals surface area contributed by atoms with Crippen LogP contribution >= 0.6 is 0 Å². The van der Waals surface area contributed by atoms with Crippen LogP contribution in [0.25, 0.3) is 0 Å². The summed E-state index contributed by atoms with van der Waals surface area (Å²) < 4.78 is 16.8. The molecular weight excluding hydrogens is 817 g/mol. The minimum Gasteiger partial charge on any atom is -0.462 e. The molecule has 376 valence electrons. The zero-order chi connectivity index (χ0) is 47.9. The van der Waals surface area contributed by atoms with E-state index >= 15 is 0 Å². The molecule has 0 amide bonds. The summed E-state index contributed by atoms with van der Waals surface area (Å²) in [6.45, 7) is 6.51. The monoisotopic (exact) mass is 917 g/mol. The molecular formula is C60H100O6. The average molecular weight is 917 g/mol. The minimum atomic E-state index is -0.815. The molecule has 66 heavy (non-hydrogen) atoms. The van der Waals surface area contributed by atoms with E-state index in [1.165, 1.54) is 109 Å². The fourth-order valence-corrected chi connectivity index (χ4v) is 7.27. The zero-order valence-electron chi connectivity index (χ0n) is 42.9. The molecule has 0 aliphatic heterocycles. The number of unbranched alkanes of at least 4 members (excludes halogenated alkanes) is 24. The van der Waals surface area contributed by atoms with Crippen molar-refractivity contribution >= 4 is 17.9 Å². The molecule has 0 N–H and O–H groups in total. The number of allylic oxidation sites excluding steroid dienone is 16. The van der Waals surface area contributed by atoms with Crippen LogP contribution in [0.5, 0.6) is 0 Å². The topological polar surface area (TPSA) is 78.9 Å². The van der Waals surface area contributed by atoms with Gasteiger partial charge in [0.05, 0.1) is 0 Å². The maximum atomic E-state index is 12.8. The second kappa shape index (κ2) is 53.9. The van der Waals surface area contributed by atoms with Crippen molar-refractivity contribution < 1.29 is 28.6 Å². The van der Waals surface area contributed by atoms with Gasteiger partial charge in [-0.1, -0.05) is 240 Å². The smallest absolute Gasteiger partial charge is 0.306 e. The van der Waals surface area contributed by atoms with Gasteiger partial charge in [0.2, 0.25) is 0 Å². The lowest BCUT2D eigenvalue weighted by Crippen LogP contribution is -2.30. The van der Waals surface area contributed by atoms with Gasteiger partial charge in [-0.25, -0.2) is 0 Å². The Morgan fingerprint density at radius 2 is 0.621 bits per heavy atom. The Kier molecular flexibility index (Phi) is 50.9. The predicted molar refractivity (Wildman–Crippen MR) is 284 cm³/mol. The minimum absolute atomic E-state index is 0.106. The first-order chi connectivity index (χ1) is 32.5. The van der Waals surface area contributed by atoms with Crippen molar-refractivity contribution in [2.45, 2.75) is 252 Å². The lowest BCUT2D eigenvalue weighted by molar-refractivity contribution is -0.167. The van der Waals surface area contributed by atoms with E-state index in [-0.39, 0.29) is 37.5 Å². The molecule has 0 aliphatic carbocycles. The fourth-order valence-electron chi connectivity index (χ4n) is 7.27. The number of hydrogen-bond donors (Lipinski definition) is 0. The maximum Gasteiger partial charge on any atom is 0.306 e. The molecule has 0 aromatic heterocycles. The van der Waals surface area contributed by atoms with Crippen LogP contribution in [0, 0.1) is 0 Å². The van der Waals surface area contributed by atoms with Crippen molar-refractivity contribution in [3.63, 3.8) is 0 Å². The van der Waals surface area contributed by atoms with Gasteiger partial charge in [0, 0.05) is 19.3 Å². The molecule has 0 saturated heterocycles. The predicted octanol–water partition coefficient (Wildman–Crippen LogP) is 18.1. The summed E-state index contributed by atoms with van der Waals surface area (Å²) in [7, 11) is 0. The molecule has 0 rings (SSSR count). The van der Waals surface area contributed by atoms with Gasteiger partial charge in [-0.15, -0.1) is 0 Å². The molecule has 0 aromatic rings. The Balaban J connectivity index is 4.53. The SMILES string of the molecule is CCCCC\C=C/C=C\C=C/C=C\CCCCCCCC(=O)OCC(COC(=O)CCCCCCCCCCCCCCC)OC(=O)CCC/C=C\C/C=C\C/C=C\C/C=C\CCCCC. The summed E-state index contributed by atoms with van der Waals surface area (Å²) in [6, 6.07) is 0. The van der Waals surface area contributed by atoms with Crippen LogP contribution in [0.15, 0.2) is 97.2 Å². The highest BCUT2D eigenvalue weighted by atomic mass is 16.6. The summed E-state index contributed by atoms with van der Waals surface area (Å²) >= 11 is 0. The number of rotatable bonds is 48. The summed E-state index contributed by atoms with van der Waals surface area (Å²) in [6.07, 6.45) is 71.0. The standard InChI is InChI=1S/C60H100O6/c1-4-7-10-13-16-19-22-25-27-29-31-32-35-38-41-44-47-50-53-59(62)65-56-57(55-64-58(61)52-49-46-43-40-37-34-24-21-18-15-12-9-6-3)66-60(63)54-51-48-45-42-39-36-33-30-28-26-23-20-17-14-11-8-5-2/h16-17,19-20,22,25-29,31-33,36,42,45,57H,4-15,18,21,23-24,30,34-35,37-41,43-44,46-56H2,1-3H3/b19-16-,20-17-,25-22-,28-26-,29-27-,32-31-,36-33-,45-42-. The van der Waals surface area contributed by atoms with Crippen molar-refractivity contribution in [3.8, 4) is 0 Å². The van der Waals surface area contributed by atoms with Crippen LogP contribution in [0.2, 0.25) is 0 Å². The van der Waals surface area contributed by atoms with Gasteiger partial charge in [-0.3, -0.25) is 14.4 Å². The third-order valence-electron chi connectivity index (χ3n) is 11.4. The molecule has 6 heteroatoms. The Morgan fingerprint density at radius 3 is 1.06 bits per heavy atom. The Labute approximate surface area is 407 Å². The summed E-state index contributed by atoms with van der Waals surface area (Å²) in [5.74, 6) is -0.986. The van der Waals surface area contributed by atoms with Crippen molar-refractivity contribution in [3.05, 3.63) is 97.2 Å². The molecule has 0 fully saturated rings. The van der Waals surface area contributed by atoms with E-state index in [1.807, 2.05) is 0 Å². The van der Waals surface area contributed by atoms with Gasteiger partial charge >= 0.3 is 17.9 Å². The Morgan fingerprint density at radius 1 is 0.318 bits per heavy atom. The van der Waals surface area contributed by atoms with Crippen LogP contribution < -0.4 is 0 Å². The summed E-state index contributed by atoms with van der Waals surface area (Å²) in [4.78, 5) is 38.0. The molecule has 0 bridgehead atoms. The number of ether oxygens (including phenoxy) is 3. The van der Waals surface area contributed by atoms with Crippen molar-refractivity contribution in [1.82, 2.24) is 0 Å². The fraction of sp³-hybridized carbons (Fsp3) is 0.683. The van der Waals surface area contributed by atoms with Gasteiger partial charge in [0.25, 0.3) is 0 Å². The van der Waals surface area contributed by atoms with E-state index in [2.05, 4.69) is 118 Å². The van der Waals surface area contributed by atoms with Gasteiger partial charge < -0.3 is 14.2 Å². The second-order valence-corrected chi connectivity index (χ2v) is 17.9. The number of esters is 3. The first-order valence-electron chi connectivity index (χ1n) is 27.3. The van der Waals surface area contributed by atoms with Crippen LogP contribution in [-0.2, 0) is 28.6 Å². The van der Waals surface area contributed by atoms with E-state index in [0.29, 0.717) is 19.3 Å². The number of carbonyl (C=O) groups is 3. The molecule has 1 unspecified atom stereocenters. The lowest BCUT2D eigenvalue weighted by Gasteiger charge is -2.18. The van der Waals surface area contributed by atoms with Crippen molar-refractivity contribution in [1.29, 1.82) is 0 Å². The first kappa shape index (κ1) is 62.3. The third-order valence-corrected chi connectivity index (χ3v) is 11.4. The van der Waals surface area contributed by atoms with Gasteiger partial charge in [0.15, 0.2) is 6.10 Å². The highest BCUT2D eigenvalue weighted by molar-refractivity contribution is 5.71. The largest absolute Gasteiger partial charge is 0.462 e. The molecule has 0 aliphatic rings. The molecule has 0 heterocycles. The quantitative estimate of drug-likeness (QED) is 0.0199. The Bertz CT molecular complexity index is 1330.